The van der Waals surface area contributed by atoms with Gasteiger partial charge >= 0.3 is 0 Å². The van der Waals surface area contributed by atoms with Crippen molar-refractivity contribution in [3.63, 3.8) is 0 Å². The van der Waals surface area contributed by atoms with E-state index in [9.17, 15) is 5.11 Å². The van der Waals surface area contributed by atoms with Gasteiger partial charge in [-0.15, -0.1) is 0 Å². The SMILES string of the molecule is CC(C)(O)CNCCc1ccc(Cl)cc1. The molecule has 0 saturated heterocycles. The second-order valence-electron chi connectivity index (χ2n) is 4.37. The third kappa shape index (κ3) is 5.78. The normalized spacial score (nSPS) is 11.7. The van der Waals surface area contributed by atoms with E-state index in [-0.39, 0.29) is 0 Å². The zero-order valence-electron chi connectivity index (χ0n) is 9.26. The van der Waals surface area contributed by atoms with Gasteiger partial charge in [0, 0.05) is 11.6 Å². The van der Waals surface area contributed by atoms with E-state index in [4.69, 9.17) is 11.6 Å². The standard InChI is InChI=1S/C12H18ClNO/c1-12(2,15)9-14-8-7-10-3-5-11(13)6-4-10/h3-6,14-15H,7-9H2,1-2H3. The molecule has 0 aliphatic rings. The summed E-state index contributed by atoms with van der Waals surface area (Å²) in [5.74, 6) is 0. The van der Waals surface area contributed by atoms with Crippen LogP contribution in [0.1, 0.15) is 19.4 Å². The Balaban J connectivity index is 2.23. The van der Waals surface area contributed by atoms with Crippen LogP contribution in [0.3, 0.4) is 0 Å². The molecule has 0 amide bonds. The minimum Gasteiger partial charge on any atom is -0.389 e. The highest BCUT2D eigenvalue weighted by atomic mass is 35.5. The molecule has 0 spiro atoms. The van der Waals surface area contributed by atoms with Crippen molar-refractivity contribution in [3.05, 3.63) is 34.9 Å². The van der Waals surface area contributed by atoms with Crippen molar-refractivity contribution in [1.82, 2.24) is 5.32 Å². The fraction of sp³-hybridized carbons (Fsp3) is 0.500. The molecule has 0 bridgehead atoms. The molecule has 15 heavy (non-hydrogen) atoms. The average Bonchev–Trinajstić information content (AvgIpc) is 2.14. The third-order valence-corrected chi connectivity index (χ3v) is 2.31. The summed E-state index contributed by atoms with van der Waals surface area (Å²) in [6.45, 7) is 5.07. The first-order valence-corrected chi connectivity index (χ1v) is 5.53. The molecule has 1 rings (SSSR count). The minimum atomic E-state index is -0.639. The first-order chi connectivity index (χ1) is 6.97. The van der Waals surface area contributed by atoms with Gasteiger partial charge in [-0.1, -0.05) is 23.7 Å². The van der Waals surface area contributed by atoms with Crippen LogP contribution in [-0.4, -0.2) is 23.8 Å². The Labute approximate surface area is 96.3 Å². The Morgan fingerprint density at radius 3 is 2.40 bits per heavy atom. The summed E-state index contributed by atoms with van der Waals surface area (Å²) in [6, 6.07) is 7.84. The molecule has 0 unspecified atom stereocenters. The van der Waals surface area contributed by atoms with Gasteiger partial charge in [-0.2, -0.15) is 0 Å². The lowest BCUT2D eigenvalue weighted by atomic mass is 10.1. The van der Waals surface area contributed by atoms with Gasteiger partial charge in [0.2, 0.25) is 0 Å². The Hall–Kier alpha value is -0.570. The number of halogens is 1. The Morgan fingerprint density at radius 2 is 1.87 bits per heavy atom. The third-order valence-electron chi connectivity index (χ3n) is 2.06. The maximum atomic E-state index is 9.47. The van der Waals surface area contributed by atoms with Crippen molar-refractivity contribution in [2.75, 3.05) is 13.1 Å². The van der Waals surface area contributed by atoms with Gasteiger partial charge in [0.1, 0.15) is 0 Å². The second-order valence-corrected chi connectivity index (χ2v) is 4.80. The van der Waals surface area contributed by atoms with Crippen LogP contribution in [0, 0.1) is 0 Å². The van der Waals surface area contributed by atoms with Crippen LogP contribution in [0.5, 0.6) is 0 Å². The molecule has 0 atom stereocenters. The van der Waals surface area contributed by atoms with Gasteiger partial charge in [0.15, 0.2) is 0 Å². The molecule has 3 heteroatoms. The first kappa shape index (κ1) is 12.5. The highest BCUT2D eigenvalue weighted by Crippen LogP contribution is 2.09. The van der Waals surface area contributed by atoms with Crippen molar-refractivity contribution < 1.29 is 5.11 Å². The maximum absolute atomic E-state index is 9.47. The van der Waals surface area contributed by atoms with E-state index < -0.39 is 5.60 Å². The van der Waals surface area contributed by atoms with Crippen LogP contribution >= 0.6 is 11.6 Å². The van der Waals surface area contributed by atoms with Crippen molar-refractivity contribution in [1.29, 1.82) is 0 Å². The van der Waals surface area contributed by atoms with Crippen LogP contribution in [0.4, 0.5) is 0 Å². The van der Waals surface area contributed by atoms with Crippen LogP contribution in [0.15, 0.2) is 24.3 Å². The van der Waals surface area contributed by atoms with Gasteiger partial charge in [0.05, 0.1) is 5.60 Å². The number of hydrogen-bond acceptors (Lipinski definition) is 2. The Kier molecular flexibility index (Phi) is 4.58. The average molecular weight is 228 g/mol. The van der Waals surface area contributed by atoms with E-state index in [1.807, 2.05) is 24.3 Å². The van der Waals surface area contributed by atoms with Crippen molar-refractivity contribution in [3.8, 4) is 0 Å². The lowest BCUT2D eigenvalue weighted by Crippen LogP contribution is -2.35. The lowest BCUT2D eigenvalue weighted by Gasteiger charge is -2.17. The summed E-state index contributed by atoms with van der Waals surface area (Å²) in [5, 5.41) is 13.4. The molecule has 0 aromatic heterocycles. The molecular weight excluding hydrogens is 210 g/mol. The van der Waals surface area contributed by atoms with Crippen LogP contribution in [0.25, 0.3) is 0 Å². The second kappa shape index (κ2) is 5.50. The maximum Gasteiger partial charge on any atom is 0.0715 e. The summed E-state index contributed by atoms with van der Waals surface area (Å²) < 4.78 is 0. The molecule has 0 fully saturated rings. The topological polar surface area (TPSA) is 32.3 Å². The van der Waals surface area contributed by atoms with Crippen LogP contribution in [-0.2, 0) is 6.42 Å². The molecule has 0 radical (unpaired) electrons. The predicted molar refractivity (Wildman–Crippen MR) is 64.3 cm³/mol. The lowest BCUT2D eigenvalue weighted by molar-refractivity contribution is 0.0801. The molecule has 2 N–H and O–H groups in total. The Morgan fingerprint density at radius 1 is 1.27 bits per heavy atom. The van der Waals surface area contributed by atoms with Gasteiger partial charge < -0.3 is 10.4 Å². The molecule has 2 nitrogen and oxygen atoms in total. The number of aliphatic hydroxyl groups is 1. The van der Waals surface area contributed by atoms with E-state index in [0.29, 0.717) is 6.54 Å². The first-order valence-electron chi connectivity index (χ1n) is 5.15. The molecule has 1 aromatic rings. The molecule has 1 aromatic carbocycles. The highest BCUT2D eigenvalue weighted by molar-refractivity contribution is 6.30. The molecule has 0 aliphatic heterocycles. The van der Waals surface area contributed by atoms with E-state index in [1.165, 1.54) is 5.56 Å². The monoisotopic (exact) mass is 227 g/mol. The fourth-order valence-electron chi connectivity index (χ4n) is 1.28. The van der Waals surface area contributed by atoms with Gasteiger partial charge in [-0.05, 0) is 44.5 Å². The van der Waals surface area contributed by atoms with Crippen LogP contribution < -0.4 is 5.32 Å². The highest BCUT2D eigenvalue weighted by Gasteiger charge is 2.10. The predicted octanol–water partition coefficient (Wildman–Crippen LogP) is 2.24. The zero-order valence-corrected chi connectivity index (χ0v) is 10.0. The van der Waals surface area contributed by atoms with E-state index in [2.05, 4.69) is 5.32 Å². The van der Waals surface area contributed by atoms with Crippen molar-refractivity contribution >= 4 is 11.6 Å². The summed E-state index contributed by atoms with van der Waals surface area (Å²) >= 11 is 5.78. The smallest absolute Gasteiger partial charge is 0.0715 e. The van der Waals surface area contributed by atoms with Gasteiger partial charge in [-0.3, -0.25) is 0 Å². The zero-order chi connectivity index (χ0) is 11.3. The minimum absolute atomic E-state index is 0.612. The fourth-order valence-corrected chi connectivity index (χ4v) is 1.40. The van der Waals surface area contributed by atoms with Crippen molar-refractivity contribution in [2.45, 2.75) is 25.9 Å². The van der Waals surface area contributed by atoms with Gasteiger partial charge in [0.25, 0.3) is 0 Å². The summed E-state index contributed by atoms with van der Waals surface area (Å²) in [7, 11) is 0. The van der Waals surface area contributed by atoms with Crippen molar-refractivity contribution in [2.24, 2.45) is 0 Å². The summed E-state index contributed by atoms with van der Waals surface area (Å²) in [6.07, 6.45) is 0.952. The largest absolute Gasteiger partial charge is 0.389 e. The van der Waals surface area contributed by atoms with E-state index >= 15 is 0 Å². The summed E-state index contributed by atoms with van der Waals surface area (Å²) in [4.78, 5) is 0. The molecule has 0 saturated carbocycles. The number of nitrogens with one attached hydrogen (secondary N) is 1. The number of rotatable bonds is 5. The molecule has 84 valence electrons. The van der Waals surface area contributed by atoms with Crippen LogP contribution in [0.2, 0.25) is 5.02 Å². The molecule has 0 heterocycles. The molecule has 0 aliphatic carbocycles. The Bertz CT molecular complexity index is 289. The number of benzene rings is 1. The van der Waals surface area contributed by atoms with E-state index in [0.717, 1.165) is 18.0 Å². The van der Waals surface area contributed by atoms with Gasteiger partial charge in [-0.25, -0.2) is 0 Å². The quantitative estimate of drug-likeness (QED) is 0.757. The molecular formula is C12H18ClNO. The summed E-state index contributed by atoms with van der Waals surface area (Å²) in [5.41, 5.74) is 0.614. The number of hydrogen-bond donors (Lipinski definition) is 2. The van der Waals surface area contributed by atoms with E-state index in [1.54, 1.807) is 13.8 Å².